The van der Waals surface area contributed by atoms with Crippen LogP contribution in [-0.2, 0) is 4.74 Å². The summed E-state index contributed by atoms with van der Waals surface area (Å²) in [6, 6.07) is 8.60. The van der Waals surface area contributed by atoms with Gasteiger partial charge in [-0.15, -0.1) is 0 Å². The van der Waals surface area contributed by atoms with Crippen molar-refractivity contribution in [3.8, 4) is 5.75 Å². The molecule has 3 nitrogen and oxygen atoms in total. The number of hydrogen-bond acceptors (Lipinski definition) is 3. The van der Waals surface area contributed by atoms with E-state index in [-0.39, 0.29) is 12.1 Å². The summed E-state index contributed by atoms with van der Waals surface area (Å²) in [7, 11) is 1.99. The van der Waals surface area contributed by atoms with Crippen LogP contribution in [0, 0.1) is 0 Å². The molecule has 0 bridgehead atoms. The molecule has 1 fully saturated rings. The van der Waals surface area contributed by atoms with Gasteiger partial charge in [-0.2, -0.15) is 0 Å². The molecule has 2 rings (SSSR count). The first-order valence-corrected chi connectivity index (χ1v) is 7.34. The molecular formula is C16H25NO2. The van der Waals surface area contributed by atoms with Crippen molar-refractivity contribution in [2.75, 3.05) is 13.7 Å². The van der Waals surface area contributed by atoms with E-state index in [1.54, 1.807) is 0 Å². The third-order valence-corrected chi connectivity index (χ3v) is 3.51. The molecule has 2 atom stereocenters. The highest BCUT2D eigenvalue weighted by atomic mass is 16.5. The van der Waals surface area contributed by atoms with Gasteiger partial charge in [0.05, 0.1) is 18.2 Å². The number of hydrogen-bond donors (Lipinski definition) is 1. The Morgan fingerprint density at radius 1 is 1.32 bits per heavy atom. The van der Waals surface area contributed by atoms with Crippen molar-refractivity contribution in [1.82, 2.24) is 5.32 Å². The summed E-state index contributed by atoms with van der Waals surface area (Å²) in [6.45, 7) is 4.95. The zero-order valence-electron chi connectivity index (χ0n) is 12.2. The van der Waals surface area contributed by atoms with Crippen molar-refractivity contribution in [3.63, 3.8) is 0 Å². The van der Waals surface area contributed by atoms with Crippen LogP contribution in [0.15, 0.2) is 24.3 Å². The first kappa shape index (κ1) is 14.4. The Morgan fingerprint density at radius 3 is 2.68 bits per heavy atom. The third kappa shape index (κ3) is 3.95. The molecule has 1 aliphatic carbocycles. The van der Waals surface area contributed by atoms with Crippen molar-refractivity contribution in [3.05, 3.63) is 29.8 Å². The van der Waals surface area contributed by atoms with Crippen molar-refractivity contribution < 1.29 is 9.47 Å². The molecule has 1 N–H and O–H groups in total. The van der Waals surface area contributed by atoms with E-state index in [0.717, 1.165) is 18.8 Å². The quantitative estimate of drug-likeness (QED) is 0.780. The second-order valence-electron chi connectivity index (χ2n) is 5.06. The lowest BCUT2D eigenvalue weighted by Gasteiger charge is -2.26. The molecule has 0 spiro atoms. The summed E-state index contributed by atoms with van der Waals surface area (Å²) in [5, 5.41) is 3.37. The first-order chi connectivity index (χ1) is 9.28. The van der Waals surface area contributed by atoms with Crippen molar-refractivity contribution >= 4 is 0 Å². The predicted molar refractivity (Wildman–Crippen MR) is 77.6 cm³/mol. The van der Waals surface area contributed by atoms with Crippen LogP contribution in [0.1, 0.15) is 44.7 Å². The molecule has 0 saturated heterocycles. The topological polar surface area (TPSA) is 30.5 Å². The van der Waals surface area contributed by atoms with Gasteiger partial charge in [-0.1, -0.05) is 19.1 Å². The normalized spacial score (nSPS) is 18.1. The second-order valence-corrected chi connectivity index (χ2v) is 5.06. The lowest BCUT2D eigenvalue weighted by molar-refractivity contribution is 0.0333. The minimum absolute atomic E-state index is 0.200. The van der Waals surface area contributed by atoms with Crippen LogP contribution in [0.3, 0.4) is 0 Å². The van der Waals surface area contributed by atoms with Gasteiger partial charge in [0.1, 0.15) is 5.75 Å². The maximum Gasteiger partial charge on any atom is 0.120 e. The van der Waals surface area contributed by atoms with Crippen LogP contribution in [-0.4, -0.2) is 25.9 Å². The highest BCUT2D eigenvalue weighted by molar-refractivity contribution is 5.31. The lowest BCUT2D eigenvalue weighted by Crippen LogP contribution is -2.31. The third-order valence-electron chi connectivity index (χ3n) is 3.51. The molecular weight excluding hydrogens is 238 g/mol. The molecule has 2 unspecified atom stereocenters. The van der Waals surface area contributed by atoms with Crippen molar-refractivity contribution in [1.29, 1.82) is 0 Å². The number of rotatable bonds is 8. The molecule has 106 valence electrons. The van der Waals surface area contributed by atoms with E-state index in [2.05, 4.69) is 30.4 Å². The van der Waals surface area contributed by atoms with Gasteiger partial charge in [-0.3, -0.25) is 0 Å². The smallest absolute Gasteiger partial charge is 0.120 e. The summed E-state index contributed by atoms with van der Waals surface area (Å²) in [6.07, 6.45) is 4.02. The summed E-state index contributed by atoms with van der Waals surface area (Å²) in [4.78, 5) is 0. The highest BCUT2D eigenvalue weighted by Gasteiger charge is 2.25. The fourth-order valence-electron chi connectivity index (χ4n) is 2.39. The first-order valence-electron chi connectivity index (χ1n) is 7.34. The summed E-state index contributed by atoms with van der Waals surface area (Å²) < 4.78 is 11.7. The molecule has 0 aromatic heterocycles. The number of benzene rings is 1. The van der Waals surface area contributed by atoms with Gasteiger partial charge in [0.2, 0.25) is 0 Å². The maximum absolute atomic E-state index is 5.87. The Balaban J connectivity index is 2.11. The van der Waals surface area contributed by atoms with Crippen LogP contribution >= 0.6 is 0 Å². The van der Waals surface area contributed by atoms with E-state index >= 15 is 0 Å². The molecule has 0 aliphatic heterocycles. The molecule has 0 amide bonds. The van der Waals surface area contributed by atoms with Gasteiger partial charge in [0, 0.05) is 6.61 Å². The molecule has 3 heteroatoms. The fraction of sp³-hybridized carbons (Fsp3) is 0.625. The summed E-state index contributed by atoms with van der Waals surface area (Å²) >= 11 is 0. The van der Waals surface area contributed by atoms with E-state index in [1.165, 1.54) is 18.4 Å². The molecule has 1 saturated carbocycles. The molecule has 0 radical (unpaired) electrons. The average Bonchev–Trinajstić information content (AvgIpc) is 3.23. The van der Waals surface area contributed by atoms with Gasteiger partial charge in [0.15, 0.2) is 0 Å². The molecule has 19 heavy (non-hydrogen) atoms. The summed E-state index contributed by atoms with van der Waals surface area (Å²) in [5.41, 5.74) is 1.24. The number of likely N-dealkylation sites (N-methyl/N-ethyl adjacent to an activating group) is 1. The zero-order chi connectivity index (χ0) is 13.7. The van der Waals surface area contributed by atoms with E-state index < -0.39 is 0 Å². The number of nitrogens with one attached hydrogen (secondary N) is 1. The van der Waals surface area contributed by atoms with E-state index in [4.69, 9.17) is 9.47 Å². The Hall–Kier alpha value is -1.06. The number of ether oxygens (including phenoxy) is 2. The summed E-state index contributed by atoms with van der Waals surface area (Å²) in [5.74, 6) is 0.978. The van der Waals surface area contributed by atoms with Gasteiger partial charge < -0.3 is 14.8 Å². The molecule has 1 aromatic rings. The van der Waals surface area contributed by atoms with Gasteiger partial charge in [0.25, 0.3) is 0 Å². The van der Waals surface area contributed by atoms with Gasteiger partial charge in [-0.05, 0) is 50.9 Å². The van der Waals surface area contributed by atoms with Crippen LogP contribution < -0.4 is 10.1 Å². The maximum atomic E-state index is 5.87. The molecule has 1 aromatic carbocycles. The van der Waals surface area contributed by atoms with Crippen LogP contribution in [0.4, 0.5) is 0 Å². The van der Waals surface area contributed by atoms with Crippen molar-refractivity contribution in [2.45, 2.75) is 51.4 Å². The monoisotopic (exact) mass is 263 g/mol. The minimum Gasteiger partial charge on any atom is -0.490 e. The second kappa shape index (κ2) is 6.92. The Bertz CT molecular complexity index is 390. The average molecular weight is 263 g/mol. The lowest BCUT2D eigenvalue weighted by atomic mass is 9.99. The largest absolute Gasteiger partial charge is 0.490 e. The molecule has 0 heterocycles. The van der Waals surface area contributed by atoms with Crippen LogP contribution in [0.2, 0.25) is 0 Å². The van der Waals surface area contributed by atoms with Crippen LogP contribution in [0.5, 0.6) is 5.75 Å². The Kier molecular flexibility index (Phi) is 5.23. The minimum atomic E-state index is 0.200. The Morgan fingerprint density at radius 2 is 2.11 bits per heavy atom. The zero-order valence-corrected chi connectivity index (χ0v) is 12.2. The van der Waals surface area contributed by atoms with E-state index in [0.29, 0.717) is 6.10 Å². The van der Waals surface area contributed by atoms with Crippen LogP contribution in [0.25, 0.3) is 0 Å². The van der Waals surface area contributed by atoms with Gasteiger partial charge in [-0.25, -0.2) is 0 Å². The van der Waals surface area contributed by atoms with E-state index in [9.17, 15) is 0 Å². The molecule has 1 aliphatic rings. The predicted octanol–water partition coefficient (Wildman–Crippen LogP) is 3.30. The van der Waals surface area contributed by atoms with Gasteiger partial charge >= 0.3 is 0 Å². The van der Waals surface area contributed by atoms with Crippen molar-refractivity contribution in [2.24, 2.45) is 0 Å². The SMILES string of the molecule is CCOC(CC)C(NC)c1cccc(OC2CC2)c1. The standard InChI is InChI=1S/C16H25NO2/c1-4-15(18-5-2)16(17-3)12-7-6-8-14(11-12)19-13-9-10-13/h6-8,11,13,15-17H,4-5,9-10H2,1-3H3. The highest BCUT2D eigenvalue weighted by Crippen LogP contribution is 2.29. The Labute approximate surface area is 116 Å². The van der Waals surface area contributed by atoms with E-state index in [1.807, 2.05) is 20.0 Å². The fourth-order valence-corrected chi connectivity index (χ4v) is 2.39.